The van der Waals surface area contributed by atoms with Crippen LogP contribution in [0.3, 0.4) is 0 Å². The lowest BCUT2D eigenvalue weighted by Crippen LogP contribution is -2.00. The number of hydrogen-bond acceptors (Lipinski definition) is 5. The van der Waals surface area contributed by atoms with Crippen molar-refractivity contribution in [3.8, 4) is 41.4 Å². The highest BCUT2D eigenvalue weighted by Crippen LogP contribution is 2.38. The van der Waals surface area contributed by atoms with Crippen LogP contribution in [-0.4, -0.2) is 20.0 Å². The molecule has 6 heteroatoms. The van der Waals surface area contributed by atoms with Crippen molar-refractivity contribution in [1.82, 2.24) is 0 Å². The molecule has 0 aliphatic carbocycles. The first-order chi connectivity index (χ1) is 13.2. The van der Waals surface area contributed by atoms with Crippen LogP contribution in [-0.2, 0) is 0 Å². The van der Waals surface area contributed by atoms with E-state index in [1.54, 1.807) is 36.4 Å². The zero-order valence-electron chi connectivity index (χ0n) is 14.6. The molecule has 0 saturated heterocycles. The van der Waals surface area contributed by atoms with Crippen molar-refractivity contribution in [1.29, 1.82) is 5.26 Å². The molecule has 0 atom stereocenters. The standard InChI is InChI=1S/C21H16ClNO4/c1-3-7-25-21-17(22)9-14(10-20(21)24-4-2)8-16(12-23)15-5-6-18-19(11-15)27-13-26-18/h1,5-6,8-11H,4,7,13H2,2H3. The molecule has 0 N–H and O–H groups in total. The normalized spacial score (nSPS) is 12.2. The van der Waals surface area contributed by atoms with Gasteiger partial charge in [0.15, 0.2) is 23.0 Å². The minimum atomic E-state index is 0.0790. The minimum Gasteiger partial charge on any atom is -0.490 e. The monoisotopic (exact) mass is 381 g/mol. The number of nitrogens with zero attached hydrogens (tertiary/aromatic N) is 1. The molecule has 3 rings (SSSR count). The fourth-order valence-electron chi connectivity index (χ4n) is 2.60. The molecule has 1 heterocycles. The molecule has 0 unspecified atom stereocenters. The summed E-state index contributed by atoms with van der Waals surface area (Å²) in [6.07, 6.45) is 6.96. The summed E-state index contributed by atoms with van der Waals surface area (Å²) in [6.45, 7) is 2.55. The Hall–Kier alpha value is -3.28. The summed E-state index contributed by atoms with van der Waals surface area (Å²) in [5.74, 6) is 4.52. The van der Waals surface area contributed by atoms with E-state index in [2.05, 4.69) is 12.0 Å². The molecule has 2 aromatic rings. The van der Waals surface area contributed by atoms with E-state index in [9.17, 15) is 5.26 Å². The quantitative estimate of drug-likeness (QED) is 0.417. The van der Waals surface area contributed by atoms with Gasteiger partial charge in [0.1, 0.15) is 6.61 Å². The number of ether oxygens (including phenoxy) is 4. The third-order valence-corrected chi connectivity index (χ3v) is 4.03. The van der Waals surface area contributed by atoms with Crippen molar-refractivity contribution >= 4 is 23.3 Å². The first-order valence-corrected chi connectivity index (χ1v) is 8.58. The summed E-state index contributed by atoms with van der Waals surface area (Å²) < 4.78 is 21.8. The SMILES string of the molecule is C#CCOc1c(Cl)cc(C=C(C#N)c2ccc3c(c2)OCO3)cc1OCC. The molecule has 136 valence electrons. The van der Waals surface area contributed by atoms with Gasteiger partial charge in [-0.15, -0.1) is 6.42 Å². The minimum absolute atomic E-state index is 0.0790. The molecule has 5 nitrogen and oxygen atoms in total. The van der Waals surface area contributed by atoms with Crippen LogP contribution in [0.25, 0.3) is 11.6 Å². The Bertz CT molecular complexity index is 969. The van der Waals surface area contributed by atoms with E-state index in [4.69, 9.17) is 37.0 Å². The lowest BCUT2D eigenvalue weighted by molar-refractivity contribution is 0.174. The number of rotatable bonds is 6. The van der Waals surface area contributed by atoms with Gasteiger partial charge in [0.05, 0.1) is 23.3 Å². The maximum Gasteiger partial charge on any atom is 0.231 e. The maximum absolute atomic E-state index is 9.60. The molecule has 0 radical (unpaired) electrons. The van der Waals surface area contributed by atoms with Gasteiger partial charge >= 0.3 is 0 Å². The Balaban J connectivity index is 1.99. The molecule has 0 spiro atoms. The fraction of sp³-hybridized carbons (Fsp3) is 0.190. The van der Waals surface area contributed by atoms with Gasteiger partial charge in [0, 0.05) is 0 Å². The Morgan fingerprint density at radius 1 is 1.26 bits per heavy atom. The first kappa shape index (κ1) is 18.5. The van der Waals surface area contributed by atoms with Crippen LogP contribution in [0, 0.1) is 23.7 Å². The molecular weight excluding hydrogens is 366 g/mol. The van der Waals surface area contributed by atoms with Crippen LogP contribution in [0.1, 0.15) is 18.1 Å². The molecule has 2 aromatic carbocycles. The third kappa shape index (κ3) is 4.11. The van der Waals surface area contributed by atoms with E-state index in [1.807, 2.05) is 6.92 Å². The van der Waals surface area contributed by atoms with Gasteiger partial charge in [0.2, 0.25) is 6.79 Å². The first-order valence-electron chi connectivity index (χ1n) is 8.20. The average molecular weight is 382 g/mol. The summed E-state index contributed by atoms with van der Waals surface area (Å²) in [5, 5.41) is 9.95. The highest BCUT2D eigenvalue weighted by Gasteiger charge is 2.16. The third-order valence-electron chi connectivity index (χ3n) is 3.75. The molecule has 1 aliphatic heterocycles. The van der Waals surface area contributed by atoms with Crippen molar-refractivity contribution in [2.75, 3.05) is 20.0 Å². The van der Waals surface area contributed by atoms with E-state index in [1.165, 1.54) is 0 Å². The second kappa shape index (κ2) is 8.40. The Morgan fingerprint density at radius 3 is 2.81 bits per heavy atom. The topological polar surface area (TPSA) is 60.7 Å². The number of allylic oxidation sites excluding steroid dienone is 1. The number of terminal acetylenes is 1. The van der Waals surface area contributed by atoms with E-state index in [0.717, 1.165) is 0 Å². The van der Waals surface area contributed by atoms with Crippen molar-refractivity contribution in [2.45, 2.75) is 6.92 Å². The van der Waals surface area contributed by atoms with Gasteiger partial charge < -0.3 is 18.9 Å². The molecule has 0 fully saturated rings. The zero-order chi connectivity index (χ0) is 19.2. The van der Waals surface area contributed by atoms with Crippen molar-refractivity contribution in [3.05, 3.63) is 46.5 Å². The molecule has 27 heavy (non-hydrogen) atoms. The molecular formula is C21H16ClNO4. The predicted octanol–water partition coefficient (Wildman–Crippen LogP) is 4.54. The van der Waals surface area contributed by atoms with E-state index in [-0.39, 0.29) is 13.4 Å². The van der Waals surface area contributed by atoms with Crippen LogP contribution in [0.4, 0.5) is 0 Å². The van der Waals surface area contributed by atoms with Crippen molar-refractivity contribution in [3.63, 3.8) is 0 Å². The second-order valence-electron chi connectivity index (χ2n) is 5.49. The van der Waals surface area contributed by atoms with Gasteiger partial charge in [-0.05, 0) is 54.5 Å². The number of benzene rings is 2. The van der Waals surface area contributed by atoms with Crippen molar-refractivity contribution < 1.29 is 18.9 Å². The second-order valence-corrected chi connectivity index (χ2v) is 5.90. The summed E-state index contributed by atoms with van der Waals surface area (Å²) >= 11 is 6.33. The number of fused-ring (bicyclic) bond motifs is 1. The number of nitriles is 1. The fourth-order valence-corrected chi connectivity index (χ4v) is 2.87. The van der Waals surface area contributed by atoms with Gasteiger partial charge in [-0.2, -0.15) is 5.26 Å². The molecule has 0 bridgehead atoms. The van der Waals surface area contributed by atoms with Gasteiger partial charge in [0.25, 0.3) is 0 Å². The number of hydrogen-bond donors (Lipinski definition) is 0. The smallest absolute Gasteiger partial charge is 0.231 e. The van der Waals surface area contributed by atoms with Crippen molar-refractivity contribution in [2.24, 2.45) is 0 Å². The molecule has 1 aliphatic rings. The average Bonchev–Trinajstić information content (AvgIpc) is 3.13. The largest absolute Gasteiger partial charge is 0.490 e. The zero-order valence-corrected chi connectivity index (χ0v) is 15.4. The van der Waals surface area contributed by atoms with Crippen LogP contribution >= 0.6 is 11.6 Å². The summed E-state index contributed by atoms with van der Waals surface area (Å²) in [4.78, 5) is 0. The van der Waals surface area contributed by atoms with Gasteiger partial charge in [-0.1, -0.05) is 17.5 Å². The Kier molecular flexibility index (Phi) is 5.76. The van der Waals surface area contributed by atoms with Crippen LogP contribution < -0.4 is 18.9 Å². The maximum atomic E-state index is 9.60. The Labute approximate surface area is 162 Å². The van der Waals surface area contributed by atoms with E-state index < -0.39 is 0 Å². The lowest BCUT2D eigenvalue weighted by Gasteiger charge is -2.13. The summed E-state index contributed by atoms with van der Waals surface area (Å²) in [6, 6.07) is 11.0. The predicted molar refractivity (Wildman–Crippen MR) is 103 cm³/mol. The summed E-state index contributed by atoms with van der Waals surface area (Å²) in [7, 11) is 0. The summed E-state index contributed by atoms with van der Waals surface area (Å²) in [5.41, 5.74) is 1.86. The van der Waals surface area contributed by atoms with Crippen LogP contribution in [0.15, 0.2) is 30.3 Å². The molecule has 0 amide bonds. The molecule has 0 aromatic heterocycles. The Morgan fingerprint density at radius 2 is 2.07 bits per heavy atom. The van der Waals surface area contributed by atoms with Gasteiger partial charge in [-0.25, -0.2) is 0 Å². The van der Waals surface area contributed by atoms with E-state index in [0.29, 0.717) is 51.3 Å². The van der Waals surface area contributed by atoms with Crippen LogP contribution in [0.5, 0.6) is 23.0 Å². The highest BCUT2D eigenvalue weighted by molar-refractivity contribution is 6.32. The highest BCUT2D eigenvalue weighted by atomic mass is 35.5. The van der Waals surface area contributed by atoms with Gasteiger partial charge in [-0.3, -0.25) is 0 Å². The lowest BCUT2D eigenvalue weighted by atomic mass is 10.0. The van der Waals surface area contributed by atoms with Crippen LogP contribution in [0.2, 0.25) is 5.02 Å². The van der Waals surface area contributed by atoms with E-state index >= 15 is 0 Å². The number of halogens is 1. The molecule has 0 saturated carbocycles.